The third-order valence-corrected chi connectivity index (χ3v) is 6.26. The quantitative estimate of drug-likeness (QED) is 0.129. The summed E-state index contributed by atoms with van der Waals surface area (Å²) in [6, 6.07) is 8.03. The maximum absolute atomic E-state index is 12.1. The fourth-order valence-electron chi connectivity index (χ4n) is 4.32. The first-order valence-electron chi connectivity index (χ1n) is 13.0. The van der Waals surface area contributed by atoms with E-state index >= 15 is 0 Å². The van der Waals surface area contributed by atoms with Gasteiger partial charge in [-0.2, -0.15) is 0 Å². The molecule has 0 heterocycles. The Morgan fingerprint density at radius 2 is 0.629 bits per heavy atom. The van der Waals surface area contributed by atoms with Crippen molar-refractivity contribution in [2.75, 3.05) is 0 Å². The number of phenolic OH excluding ortho intramolecular Hbond substituents is 4. The van der Waals surface area contributed by atoms with Crippen molar-refractivity contribution >= 4 is 11.6 Å². The average molecular weight is 485 g/mol. The summed E-state index contributed by atoms with van der Waals surface area (Å²) in [4.78, 5) is 24.2. The maximum atomic E-state index is 12.1. The van der Waals surface area contributed by atoms with Gasteiger partial charge >= 0.3 is 0 Å². The van der Waals surface area contributed by atoms with Gasteiger partial charge in [0.1, 0.15) is 23.0 Å². The molecule has 0 aliphatic rings. The molecule has 192 valence electrons. The van der Waals surface area contributed by atoms with E-state index in [-0.39, 0.29) is 34.6 Å². The van der Waals surface area contributed by atoms with E-state index in [0.29, 0.717) is 24.0 Å². The van der Waals surface area contributed by atoms with Gasteiger partial charge in [-0.1, -0.05) is 70.6 Å². The molecule has 2 aromatic rings. The van der Waals surface area contributed by atoms with Crippen LogP contribution in [-0.2, 0) is 0 Å². The average Bonchev–Trinajstić information content (AvgIpc) is 2.80. The van der Waals surface area contributed by atoms with Gasteiger partial charge in [-0.15, -0.1) is 0 Å². The first kappa shape index (κ1) is 28.2. The highest BCUT2D eigenvalue weighted by Crippen LogP contribution is 2.23. The molecule has 6 heteroatoms. The van der Waals surface area contributed by atoms with E-state index in [1.54, 1.807) is 0 Å². The van der Waals surface area contributed by atoms with Crippen molar-refractivity contribution in [3.8, 4) is 23.0 Å². The summed E-state index contributed by atoms with van der Waals surface area (Å²) in [5.74, 6) is -0.440. The molecule has 0 bridgehead atoms. The van der Waals surface area contributed by atoms with Crippen LogP contribution in [0.2, 0.25) is 0 Å². The number of Topliss-reactive ketones (excluding diaryl/α,β-unsaturated/α-hetero) is 2. The predicted molar refractivity (Wildman–Crippen MR) is 137 cm³/mol. The molecule has 0 radical (unpaired) electrons. The Hall–Kier alpha value is -3.02. The second-order valence-corrected chi connectivity index (χ2v) is 9.42. The van der Waals surface area contributed by atoms with E-state index in [2.05, 4.69) is 0 Å². The van der Waals surface area contributed by atoms with Crippen molar-refractivity contribution in [1.82, 2.24) is 0 Å². The molecule has 0 amide bonds. The number of rotatable bonds is 18. The minimum absolute atomic E-state index is 0.0421. The Morgan fingerprint density at radius 1 is 0.400 bits per heavy atom. The number of carbonyl (C=O) groups excluding carboxylic acids is 2. The van der Waals surface area contributed by atoms with Crippen LogP contribution in [0.5, 0.6) is 23.0 Å². The van der Waals surface area contributed by atoms with Crippen molar-refractivity contribution in [2.45, 2.75) is 96.3 Å². The number of phenols is 4. The van der Waals surface area contributed by atoms with E-state index in [1.807, 2.05) is 0 Å². The fourth-order valence-corrected chi connectivity index (χ4v) is 4.32. The van der Waals surface area contributed by atoms with Gasteiger partial charge in [0, 0.05) is 36.1 Å². The van der Waals surface area contributed by atoms with Crippen LogP contribution in [0.4, 0.5) is 0 Å². The van der Waals surface area contributed by atoms with Crippen LogP contribution in [0.3, 0.4) is 0 Å². The van der Waals surface area contributed by atoms with E-state index < -0.39 is 0 Å². The lowest BCUT2D eigenvalue weighted by atomic mass is 10.0. The lowest BCUT2D eigenvalue weighted by Crippen LogP contribution is -1.98. The van der Waals surface area contributed by atoms with E-state index in [1.165, 1.54) is 81.3 Å². The van der Waals surface area contributed by atoms with Crippen LogP contribution in [-0.4, -0.2) is 32.0 Å². The molecule has 0 atom stereocenters. The normalized spacial score (nSPS) is 11.0. The number of hydrogen-bond donors (Lipinski definition) is 4. The third-order valence-electron chi connectivity index (χ3n) is 6.26. The summed E-state index contributed by atoms with van der Waals surface area (Å²) in [7, 11) is 0. The zero-order valence-electron chi connectivity index (χ0n) is 20.7. The van der Waals surface area contributed by atoms with Crippen molar-refractivity contribution in [3.63, 3.8) is 0 Å². The summed E-state index contributed by atoms with van der Waals surface area (Å²) in [6.07, 6.45) is 15.4. The Labute approximate surface area is 208 Å². The standard InChI is InChI=1S/C29H40O6/c30-24-16-22(17-25(31)20-24)28(34)14-12-10-8-6-4-2-1-3-5-7-9-11-13-15-29(35)23-18-26(32)21-27(33)19-23/h16-21,30-33H,1-15H2. The van der Waals surface area contributed by atoms with Gasteiger partial charge < -0.3 is 20.4 Å². The Kier molecular flexibility index (Phi) is 12.7. The fraction of sp³-hybridized carbons (Fsp3) is 0.517. The molecule has 0 saturated carbocycles. The molecule has 0 aliphatic heterocycles. The van der Waals surface area contributed by atoms with Crippen LogP contribution < -0.4 is 0 Å². The smallest absolute Gasteiger partial charge is 0.163 e. The molecule has 2 rings (SSSR count). The summed E-state index contributed by atoms with van der Waals surface area (Å²) in [5, 5.41) is 37.9. The van der Waals surface area contributed by atoms with Gasteiger partial charge in [0.25, 0.3) is 0 Å². The van der Waals surface area contributed by atoms with Gasteiger partial charge in [0.2, 0.25) is 0 Å². The number of ketones is 2. The van der Waals surface area contributed by atoms with Crippen LogP contribution in [0.25, 0.3) is 0 Å². The summed E-state index contributed by atoms with van der Waals surface area (Å²) in [6.45, 7) is 0. The Bertz CT molecular complexity index is 821. The lowest BCUT2D eigenvalue weighted by Gasteiger charge is -2.05. The minimum atomic E-state index is -0.0891. The SMILES string of the molecule is O=C(CCCCCCCCCCCCCCCC(=O)c1cc(O)cc(O)c1)c1cc(O)cc(O)c1. The molecule has 0 aliphatic carbocycles. The van der Waals surface area contributed by atoms with E-state index in [9.17, 15) is 30.0 Å². The molecule has 0 saturated heterocycles. The lowest BCUT2D eigenvalue weighted by molar-refractivity contribution is 0.0970. The molecule has 0 spiro atoms. The van der Waals surface area contributed by atoms with Crippen molar-refractivity contribution < 1.29 is 30.0 Å². The molecule has 0 aromatic heterocycles. The summed E-state index contributed by atoms with van der Waals surface area (Å²) in [5.41, 5.74) is 0.732. The molecular formula is C29H40O6. The first-order chi connectivity index (χ1) is 16.8. The number of aromatic hydroxyl groups is 4. The van der Waals surface area contributed by atoms with Gasteiger partial charge in [-0.05, 0) is 37.1 Å². The summed E-state index contributed by atoms with van der Waals surface area (Å²) >= 11 is 0. The van der Waals surface area contributed by atoms with Gasteiger partial charge in [0.05, 0.1) is 0 Å². The van der Waals surface area contributed by atoms with E-state index in [0.717, 1.165) is 38.5 Å². The van der Waals surface area contributed by atoms with Gasteiger partial charge in [-0.3, -0.25) is 9.59 Å². The minimum Gasteiger partial charge on any atom is -0.508 e. The molecule has 0 unspecified atom stereocenters. The maximum Gasteiger partial charge on any atom is 0.163 e. The second-order valence-electron chi connectivity index (χ2n) is 9.42. The molecule has 35 heavy (non-hydrogen) atoms. The van der Waals surface area contributed by atoms with Crippen LogP contribution in [0.1, 0.15) is 117 Å². The first-order valence-corrected chi connectivity index (χ1v) is 13.0. The molecule has 0 fully saturated rings. The number of benzene rings is 2. The zero-order valence-corrected chi connectivity index (χ0v) is 20.7. The van der Waals surface area contributed by atoms with Crippen molar-refractivity contribution in [1.29, 1.82) is 0 Å². The topological polar surface area (TPSA) is 115 Å². The highest BCUT2D eigenvalue weighted by molar-refractivity contribution is 5.97. The third kappa shape index (κ3) is 11.8. The molecule has 6 nitrogen and oxygen atoms in total. The molecule has 2 aromatic carbocycles. The monoisotopic (exact) mass is 484 g/mol. The highest BCUT2D eigenvalue weighted by Gasteiger charge is 2.09. The zero-order chi connectivity index (χ0) is 25.5. The number of hydrogen-bond acceptors (Lipinski definition) is 6. The molecular weight excluding hydrogens is 444 g/mol. The highest BCUT2D eigenvalue weighted by atomic mass is 16.3. The number of unbranched alkanes of at least 4 members (excludes halogenated alkanes) is 12. The van der Waals surface area contributed by atoms with Crippen LogP contribution >= 0.6 is 0 Å². The predicted octanol–water partition coefficient (Wildman–Crippen LogP) is 7.43. The number of carbonyl (C=O) groups is 2. The molecule has 4 N–H and O–H groups in total. The van der Waals surface area contributed by atoms with Gasteiger partial charge in [0.15, 0.2) is 11.6 Å². The second kappa shape index (κ2) is 15.8. The Balaban J connectivity index is 1.37. The van der Waals surface area contributed by atoms with Crippen molar-refractivity contribution in [2.24, 2.45) is 0 Å². The van der Waals surface area contributed by atoms with Crippen LogP contribution in [0.15, 0.2) is 36.4 Å². The van der Waals surface area contributed by atoms with Crippen molar-refractivity contribution in [3.05, 3.63) is 47.5 Å². The largest absolute Gasteiger partial charge is 0.508 e. The Morgan fingerprint density at radius 3 is 0.886 bits per heavy atom. The van der Waals surface area contributed by atoms with Gasteiger partial charge in [-0.25, -0.2) is 0 Å². The van der Waals surface area contributed by atoms with E-state index in [4.69, 9.17) is 0 Å². The summed E-state index contributed by atoms with van der Waals surface area (Å²) < 4.78 is 0. The van der Waals surface area contributed by atoms with Crippen LogP contribution in [0, 0.1) is 0 Å².